The van der Waals surface area contributed by atoms with E-state index in [9.17, 15) is 9.59 Å². The van der Waals surface area contributed by atoms with E-state index in [1.807, 2.05) is 41.4 Å². The number of nitrogens with zero attached hydrogens (tertiary/aromatic N) is 2. The Hall–Kier alpha value is -2.82. The Morgan fingerprint density at radius 2 is 2.00 bits per heavy atom. The Kier molecular flexibility index (Phi) is 3.49. The third-order valence-electron chi connectivity index (χ3n) is 4.89. The van der Waals surface area contributed by atoms with Gasteiger partial charge in [0.1, 0.15) is 6.54 Å². The molecule has 2 aliphatic heterocycles. The van der Waals surface area contributed by atoms with Gasteiger partial charge in [0.15, 0.2) is 0 Å². The first-order valence-corrected chi connectivity index (χ1v) is 8.20. The van der Waals surface area contributed by atoms with E-state index in [-0.39, 0.29) is 24.4 Å². The van der Waals surface area contributed by atoms with Gasteiger partial charge in [-0.05, 0) is 31.0 Å². The molecule has 0 spiro atoms. The van der Waals surface area contributed by atoms with E-state index in [0.29, 0.717) is 11.3 Å². The van der Waals surface area contributed by atoms with Crippen LogP contribution in [0.2, 0.25) is 0 Å². The Morgan fingerprint density at radius 1 is 1.21 bits per heavy atom. The van der Waals surface area contributed by atoms with Crippen molar-refractivity contribution >= 4 is 17.5 Å². The molecule has 2 aromatic rings. The van der Waals surface area contributed by atoms with Crippen LogP contribution in [0, 0.1) is 0 Å². The first kappa shape index (κ1) is 14.8. The zero-order valence-electron chi connectivity index (χ0n) is 13.4. The molecule has 0 bridgehead atoms. The highest BCUT2D eigenvalue weighted by Crippen LogP contribution is 2.34. The minimum Gasteiger partial charge on any atom is -0.363 e. The topological polar surface area (TPSA) is 56.4 Å². The molecule has 5 heteroatoms. The number of aromatic amines is 1. The van der Waals surface area contributed by atoms with E-state index in [1.54, 1.807) is 6.07 Å². The van der Waals surface area contributed by atoms with Gasteiger partial charge >= 0.3 is 0 Å². The average molecular weight is 321 g/mol. The number of amides is 2. The van der Waals surface area contributed by atoms with E-state index in [2.05, 4.69) is 11.6 Å². The van der Waals surface area contributed by atoms with E-state index >= 15 is 0 Å². The molecular weight excluding hydrogens is 302 g/mol. The maximum absolute atomic E-state index is 12.8. The normalized spacial score (nSPS) is 19.9. The molecule has 5 nitrogen and oxygen atoms in total. The van der Waals surface area contributed by atoms with Crippen molar-refractivity contribution in [2.45, 2.75) is 18.9 Å². The first-order valence-electron chi connectivity index (χ1n) is 8.20. The van der Waals surface area contributed by atoms with Gasteiger partial charge in [0.25, 0.3) is 5.91 Å². The molecular formula is C19H19N3O2. The smallest absolute Gasteiger partial charge is 0.259 e. The van der Waals surface area contributed by atoms with Crippen molar-refractivity contribution in [1.82, 2.24) is 14.8 Å². The number of nitrogens with one attached hydrogen (secondary N) is 1. The van der Waals surface area contributed by atoms with Crippen molar-refractivity contribution in [2.24, 2.45) is 0 Å². The molecule has 1 fully saturated rings. The van der Waals surface area contributed by atoms with Gasteiger partial charge < -0.3 is 9.88 Å². The maximum atomic E-state index is 12.8. The lowest BCUT2D eigenvalue weighted by Gasteiger charge is -2.27. The summed E-state index contributed by atoms with van der Waals surface area (Å²) in [5, 5.41) is 0. The highest BCUT2D eigenvalue weighted by molar-refractivity contribution is 6.10. The van der Waals surface area contributed by atoms with Crippen molar-refractivity contribution < 1.29 is 9.59 Å². The molecule has 1 atom stereocenters. The molecule has 1 aromatic heterocycles. The second-order valence-electron chi connectivity index (χ2n) is 6.25. The predicted molar refractivity (Wildman–Crippen MR) is 91.0 cm³/mol. The van der Waals surface area contributed by atoms with Gasteiger partial charge in [-0.25, -0.2) is 0 Å². The minimum atomic E-state index is -0.139. The Labute approximate surface area is 140 Å². The summed E-state index contributed by atoms with van der Waals surface area (Å²) in [7, 11) is 0. The first-order chi connectivity index (χ1) is 11.7. The number of fused-ring (bicyclic) bond motifs is 1. The zero-order valence-corrected chi connectivity index (χ0v) is 13.4. The van der Waals surface area contributed by atoms with Crippen LogP contribution in [-0.4, -0.2) is 39.7 Å². The van der Waals surface area contributed by atoms with Crippen molar-refractivity contribution in [3.05, 3.63) is 66.0 Å². The molecule has 4 rings (SSSR count). The average Bonchev–Trinajstić information content (AvgIpc) is 3.31. The monoisotopic (exact) mass is 321 g/mol. The fourth-order valence-electron chi connectivity index (χ4n) is 3.67. The molecule has 1 aromatic carbocycles. The molecule has 0 unspecified atom stereocenters. The molecule has 3 heterocycles. The molecule has 1 N–H and O–H groups in total. The van der Waals surface area contributed by atoms with Crippen LogP contribution >= 0.6 is 0 Å². The lowest BCUT2D eigenvalue weighted by atomic mass is 10.1. The lowest BCUT2D eigenvalue weighted by Crippen LogP contribution is -2.39. The number of rotatable bonds is 3. The summed E-state index contributed by atoms with van der Waals surface area (Å²) < 4.78 is 0. The van der Waals surface area contributed by atoms with Gasteiger partial charge in [-0.1, -0.05) is 24.8 Å². The lowest BCUT2D eigenvalue weighted by molar-refractivity contribution is -0.132. The summed E-state index contributed by atoms with van der Waals surface area (Å²) >= 11 is 0. The Morgan fingerprint density at radius 3 is 2.71 bits per heavy atom. The summed E-state index contributed by atoms with van der Waals surface area (Å²) in [4.78, 5) is 31.9. The van der Waals surface area contributed by atoms with E-state index in [4.69, 9.17) is 0 Å². The van der Waals surface area contributed by atoms with Crippen LogP contribution in [0.5, 0.6) is 0 Å². The van der Waals surface area contributed by atoms with E-state index < -0.39 is 0 Å². The third kappa shape index (κ3) is 2.24. The zero-order chi connectivity index (χ0) is 16.7. The molecule has 24 heavy (non-hydrogen) atoms. The van der Waals surface area contributed by atoms with Gasteiger partial charge in [-0.2, -0.15) is 0 Å². The number of carbonyl (C=O) groups is 2. The van der Waals surface area contributed by atoms with Crippen molar-refractivity contribution in [3.63, 3.8) is 0 Å². The van der Waals surface area contributed by atoms with E-state index in [1.165, 1.54) is 4.90 Å². The Balaban J connectivity index is 1.53. The predicted octanol–water partition coefficient (Wildman–Crippen LogP) is 2.80. The van der Waals surface area contributed by atoms with Gasteiger partial charge in [-0.15, -0.1) is 0 Å². The largest absolute Gasteiger partial charge is 0.363 e. The summed E-state index contributed by atoms with van der Waals surface area (Å²) in [6.45, 7) is 4.78. The SMILES string of the molecule is C=C1c2ccccc2C(=O)N1CC(=O)N1CCC[C@H]1c1ccc[nH]1. The third-order valence-corrected chi connectivity index (χ3v) is 4.89. The molecule has 0 radical (unpaired) electrons. The molecule has 0 saturated carbocycles. The van der Waals surface area contributed by atoms with E-state index in [0.717, 1.165) is 30.6 Å². The second-order valence-corrected chi connectivity index (χ2v) is 6.25. The van der Waals surface area contributed by atoms with Crippen molar-refractivity contribution in [1.29, 1.82) is 0 Å². The highest BCUT2D eigenvalue weighted by atomic mass is 16.2. The number of hydrogen-bond donors (Lipinski definition) is 1. The van der Waals surface area contributed by atoms with Crippen LogP contribution in [-0.2, 0) is 4.79 Å². The number of aromatic nitrogens is 1. The van der Waals surface area contributed by atoms with Gasteiger partial charge in [0, 0.05) is 35.3 Å². The van der Waals surface area contributed by atoms with Crippen molar-refractivity contribution in [3.8, 4) is 0 Å². The van der Waals surface area contributed by atoms with Crippen LogP contribution in [0.1, 0.15) is 40.5 Å². The van der Waals surface area contributed by atoms with Crippen LogP contribution in [0.4, 0.5) is 0 Å². The number of likely N-dealkylation sites (tertiary alicyclic amines) is 1. The maximum Gasteiger partial charge on any atom is 0.259 e. The standard InChI is InChI=1S/C19H19N3O2/c1-13-14-6-2-3-7-15(14)19(24)22(13)12-18(23)21-11-5-9-17(21)16-8-4-10-20-16/h2-4,6-8,10,17,20H,1,5,9,11-12H2/t17-/m0/s1. The van der Waals surface area contributed by atoms with Gasteiger partial charge in [-0.3, -0.25) is 14.5 Å². The summed E-state index contributed by atoms with van der Waals surface area (Å²) in [5.74, 6) is -0.172. The molecule has 2 aliphatic rings. The number of carbonyl (C=O) groups excluding carboxylic acids is 2. The number of H-pyrrole nitrogens is 1. The molecule has 2 amide bonds. The number of benzene rings is 1. The quantitative estimate of drug-likeness (QED) is 0.945. The summed E-state index contributed by atoms with van der Waals surface area (Å²) in [5.41, 5.74) is 3.10. The molecule has 122 valence electrons. The van der Waals surface area contributed by atoms with Crippen LogP contribution < -0.4 is 0 Å². The van der Waals surface area contributed by atoms with Crippen LogP contribution in [0.25, 0.3) is 5.70 Å². The fourth-order valence-corrected chi connectivity index (χ4v) is 3.67. The summed E-state index contributed by atoms with van der Waals surface area (Å²) in [6, 6.07) is 11.4. The van der Waals surface area contributed by atoms with Crippen LogP contribution in [0.3, 0.4) is 0 Å². The van der Waals surface area contributed by atoms with Crippen LogP contribution in [0.15, 0.2) is 49.2 Å². The number of hydrogen-bond acceptors (Lipinski definition) is 2. The highest BCUT2D eigenvalue weighted by Gasteiger charge is 2.36. The molecule has 1 saturated heterocycles. The second kappa shape index (κ2) is 5.67. The minimum absolute atomic E-state index is 0.0330. The van der Waals surface area contributed by atoms with Gasteiger partial charge in [0.2, 0.25) is 5.91 Å². The van der Waals surface area contributed by atoms with Crippen molar-refractivity contribution in [2.75, 3.05) is 13.1 Å². The molecule has 0 aliphatic carbocycles. The fraction of sp³-hybridized carbons (Fsp3) is 0.263. The van der Waals surface area contributed by atoms with Gasteiger partial charge in [0.05, 0.1) is 6.04 Å². The Bertz CT molecular complexity index is 775. The summed E-state index contributed by atoms with van der Waals surface area (Å²) in [6.07, 6.45) is 3.80.